The van der Waals surface area contributed by atoms with Crippen LogP contribution in [0.1, 0.15) is 19.3 Å². The Morgan fingerprint density at radius 1 is 1.06 bits per heavy atom. The summed E-state index contributed by atoms with van der Waals surface area (Å²) < 4.78 is 10.8. The molecule has 0 bridgehead atoms. The van der Waals surface area contributed by atoms with Gasteiger partial charge in [0.25, 0.3) is 0 Å². The van der Waals surface area contributed by atoms with Gasteiger partial charge in [0.05, 0.1) is 6.61 Å². The fraction of sp³-hybridized carbons (Fsp3) is 0.583. The Labute approximate surface area is 96.2 Å². The van der Waals surface area contributed by atoms with Gasteiger partial charge in [0.1, 0.15) is 0 Å². The third-order valence-electron chi connectivity index (χ3n) is 2.02. The fourth-order valence-corrected chi connectivity index (χ4v) is 1.19. The second-order valence-electron chi connectivity index (χ2n) is 3.41. The van der Waals surface area contributed by atoms with Gasteiger partial charge >= 0.3 is 0 Å². The minimum absolute atomic E-state index is 0.242. The molecule has 90 valence electrons. The third-order valence-corrected chi connectivity index (χ3v) is 2.02. The highest BCUT2D eigenvalue weighted by Gasteiger charge is 1.93. The van der Waals surface area contributed by atoms with Crippen molar-refractivity contribution in [1.29, 1.82) is 0 Å². The molecule has 0 spiro atoms. The number of ether oxygens (including phenoxy) is 2. The third kappa shape index (κ3) is 6.37. The molecule has 1 aromatic rings. The Kier molecular flexibility index (Phi) is 7.38. The average molecular weight is 225 g/mol. The maximum absolute atomic E-state index is 8.55. The Morgan fingerprint density at radius 2 is 1.94 bits per heavy atom. The summed E-state index contributed by atoms with van der Waals surface area (Å²) in [6, 6.07) is 5.59. The summed E-state index contributed by atoms with van der Waals surface area (Å²) in [6.45, 7) is 2.27. The molecule has 1 rings (SSSR count). The maximum atomic E-state index is 8.55. The van der Waals surface area contributed by atoms with E-state index in [9.17, 15) is 0 Å². The molecule has 4 heteroatoms. The summed E-state index contributed by atoms with van der Waals surface area (Å²) in [5, 5.41) is 8.55. The van der Waals surface area contributed by atoms with Crippen LogP contribution in [-0.2, 0) is 4.74 Å². The number of nitrogens with zero attached hydrogens (tertiary/aromatic N) is 1. The molecule has 0 atom stereocenters. The van der Waals surface area contributed by atoms with Crippen LogP contribution in [0.4, 0.5) is 0 Å². The topological polar surface area (TPSA) is 51.6 Å². The minimum atomic E-state index is 0.242. The predicted molar refractivity (Wildman–Crippen MR) is 61.5 cm³/mol. The molecular formula is C12H19NO3. The number of hydrogen-bond donors (Lipinski definition) is 1. The highest BCUT2D eigenvalue weighted by Crippen LogP contribution is 2.03. The fourth-order valence-electron chi connectivity index (χ4n) is 1.19. The summed E-state index contributed by atoms with van der Waals surface area (Å²) in [6.07, 6.45) is 4.29. The molecule has 4 nitrogen and oxygen atoms in total. The average Bonchev–Trinajstić information content (AvgIpc) is 2.34. The summed E-state index contributed by atoms with van der Waals surface area (Å²) in [5.74, 6) is 0.655. The molecule has 0 aliphatic heterocycles. The van der Waals surface area contributed by atoms with Crippen LogP contribution in [0.3, 0.4) is 0 Å². The van der Waals surface area contributed by atoms with Crippen LogP contribution >= 0.6 is 0 Å². The summed E-state index contributed by atoms with van der Waals surface area (Å²) in [7, 11) is 0. The Balaban J connectivity index is 1.89. The van der Waals surface area contributed by atoms with Crippen LogP contribution in [0.15, 0.2) is 24.4 Å². The Morgan fingerprint density at radius 3 is 2.69 bits per heavy atom. The number of aliphatic hydroxyl groups is 1. The van der Waals surface area contributed by atoms with E-state index in [-0.39, 0.29) is 6.61 Å². The molecule has 0 fully saturated rings. The second kappa shape index (κ2) is 9.12. The number of unbranched alkanes of at least 4 members (excludes halogenated alkanes) is 1. The van der Waals surface area contributed by atoms with Gasteiger partial charge in [0, 0.05) is 38.5 Å². The standard InChI is InChI=1S/C12H19NO3/c14-8-3-4-9-15-10-5-11-16-12-6-1-2-7-13-12/h1-2,6-7,14H,3-5,8-11H2. The van der Waals surface area contributed by atoms with E-state index in [4.69, 9.17) is 14.6 Å². The zero-order valence-electron chi connectivity index (χ0n) is 9.47. The molecule has 0 amide bonds. The summed E-state index contributed by atoms with van der Waals surface area (Å²) in [5.41, 5.74) is 0. The number of hydrogen-bond acceptors (Lipinski definition) is 4. The van der Waals surface area contributed by atoms with E-state index in [1.807, 2.05) is 18.2 Å². The highest BCUT2D eigenvalue weighted by molar-refractivity contribution is 5.08. The number of aliphatic hydroxyl groups excluding tert-OH is 1. The lowest BCUT2D eigenvalue weighted by Gasteiger charge is -2.05. The predicted octanol–water partition coefficient (Wildman–Crippen LogP) is 1.64. The first-order valence-electron chi connectivity index (χ1n) is 5.66. The van der Waals surface area contributed by atoms with E-state index in [2.05, 4.69) is 4.98 Å². The minimum Gasteiger partial charge on any atom is -0.478 e. The lowest BCUT2D eigenvalue weighted by atomic mass is 10.3. The van der Waals surface area contributed by atoms with Crippen molar-refractivity contribution in [2.24, 2.45) is 0 Å². The van der Waals surface area contributed by atoms with Crippen LogP contribution in [0.5, 0.6) is 5.88 Å². The van der Waals surface area contributed by atoms with Gasteiger partial charge in [-0.2, -0.15) is 0 Å². The summed E-state index contributed by atoms with van der Waals surface area (Å²) in [4.78, 5) is 4.05. The monoisotopic (exact) mass is 225 g/mol. The normalized spacial score (nSPS) is 10.3. The zero-order chi connectivity index (χ0) is 11.5. The molecule has 0 aromatic carbocycles. The first-order chi connectivity index (χ1) is 7.93. The first kappa shape index (κ1) is 12.9. The Hall–Kier alpha value is -1.13. The first-order valence-corrected chi connectivity index (χ1v) is 5.66. The molecule has 0 unspecified atom stereocenters. The largest absolute Gasteiger partial charge is 0.478 e. The van der Waals surface area contributed by atoms with Crippen LogP contribution in [0.2, 0.25) is 0 Å². The van der Waals surface area contributed by atoms with Crippen molar-refractivity contribution in [3.8, 4) is 5.88 Å². The molecule has 16 heavy (non-hydrogen) atoms. The van der Waals surface area contributed by atoms with E-state index in [1.165, 1.54) is 0 Å². The van der Waals surface area contributed by atoms with Crippen molar-refractivity contribution in [2.45, 2.75) is 19.3 Å². The molecule has 1 N–H and O–H groups in total. The van der Waals surface area contributed by atoms with Crippen LogP contribution in [0, 0.1) is 0 Å². The molecule has 0 radical (unpaired) electrons. The van der Waals surface area contributed by atoms with Gasteiger partial charge in [-0.25, -0.2) is 4.98 Å². The van der Waals surface area contributed by atoms with Crippen molar-refractivity contribution >= 4 is 0 Å². The second-order valence-corrected chi connectivity index (χ2v) is 3.41. The number of aromatic nitrogens is 1. The van der Waals surface area contributed by atoms with Gasteiger partial charge in [-0.3, -0.25) is 0 Å². The van der Waals surface area contributed by atoms with Gasteiger partial charge in [0.2, 0.25) is 5.88 Å². The zero-order valence-corrected chi connectivity index (χ0v) is 9.47. The van der Waals surface area contributed by atoms with Gasteiger partial charge in [-0.1, -0.05) is 6.07 Å². The van der Waals surface area contributed by atoms with E-state index < -0.39 is 0 Å². The molecule has 1 aromatic heterocycles. The smallest absolute Gasteiger partial charge is 0.213 e. The van der Waals surface area contributed by atoms with Crippen molar-refractivity contribution < 1.29 is 14.6 Å². The molecular weight excluding hydrogens is 206 g/mol. The molecule has 1 heterocycles. The molecule has 0 saturated heterocycles. The molecule has 0 saturated carbocycles. The van der Waals surface area contributed by atoms with E-state index in [0.717, 1.165) is 19.3 Å². The Bertz CT molecular complexity index is 254. The molecule has 0 aliphatic carbocycles. The van der Waals surface area contributed by atoms with E-state index >= 15 is 0 Å². The highest BCUT2D eigenvalue weighted by atomic mass is 16.5. The van der Waals surface area contributed by atoms with Crippen molar-refractivity contribution in [3.05, 3.63) is 24.4 Å². The van der Waals surface area contributed by atoms with Crippen molar-refractivity contribution in [2.75, 3.05) is 26.4 Å². The maximum Gasteiger partial charge on any atom is 0.213 e. The molecule has 0 aliphatic rings. The van der Waals surface area contributed by atoms with Gasteiger partial charge in [-0.05, 0) is 18.9 Å². The lowest BCUT2D eigenvalue weighted by Crippen LogP contribution is -2.04. The van der Waals surface area contributed by atoms with Crippen molar-refractivity contribution in [3.63, 3.8) is 0 Å². The number of pyridine rings is 1. The summed E-state index contributed by atoms with van der Waals surface area (Å²) >= 11 is 0. The van der Waals surface area contributed by atoms with Gasteiger partial charge < -0.3 is 14.6 Å². The van der Waals surface area contributed by atoms with E-state index in [1.54, 1.807) is 6.20 Å². The van der Waals surface area contributed by atoms with Crippen molar-refractivity contribution in [1.82, 2.24) is 4.98 Å². The van der Waals surface area contributed by atoms with Gasteiger partial charge in [0.15, 0.2) is 0 Å². The quantitative estimate of drug-likeness (QED) is 0.649. The lowest BCUT2D eigenvalue weighted by molar-refractivity contribution is 0.111. The van der Waals surface area contributed by atoms with Crippen LogP contribution in [-0.4, -0.2) is 36.5 Å². The van der Waals surface area contributed by atoms with Gasteiger partial charge in [-0.15, -0.1) is 0 Å². The van der Waals surface area contributed by atoms with E-state index in [0.29, 0.717) is 25.7 Å². The van der Waals surface area contributed by atoms with Crippen LogP contribution < -0.4 is 4.74 Å². The van der Waals surface area contributed by atoms with Crippen LogP contribution in [0.25, 0.3) is 0 Å². The number of rotatable bonds is 9. The SMILES string of the molecule is OCCCCOCCCOc1ccccn1.